The molecule has 0 fully saturated rings. The maximum absolute atomic E-state index is 13.4. The zero-order chi connectivity index (χ0) is 18.0. The number of hydrogen-bond donors (Lipinski definition) is 0. The minimum atomic E-state index is -0.616. The predicted octanol–water partition coefficient (Wildman–Crippen LogP) is 2.62. The predicted molar refractivity (Wildman–Crippen MR) is 91.9 cm³/mol. The molecule has 0 saturated carbocycles. The maximum atomic E-state index is 13.4. The van der Waals surface area contributed by atoms with Crippen LogP contribution in [0.4, 0.5) is 4.39 Å². The number of nitrogens with zero attached hydrogens (tertiary/aromatic N) is 2. The van der Waals surface area contributed by atoms with Gasteiger partial charge >= 0.3 is 0 Å². The van der Waals surface area contributed by atoms with E-state index >= 15 is 0 Å². The van der Waals surface area contributed by atoms with Crippen molar-refractivity contribution < 1.29 is 18.3 Å². The van der Waals surface area contributed by atoms with Gasteiger partial charge in [-0.2, -0.15) is 0 Å². The van der Waals surface area contributed by atoms with Crippen LogP contribution < -0.4 is 4.74 Å². The molecule has 1 aliphatic rings. The first-order valence-corrected chi connectivity index (χ1v) is 8.36. The van der Waals surface area contributed by atoms with Crippen LogP contribution in [0.3, 0.4) is 0 Å². The second kappa shape index (κ2) is 7.27. The molecule has 0 N–H and O–H groups in total. The molecule has 0 aliphatic carbocycles. The Morgan fingerprint density at radius 1 is 1.24 bits per heavy atom. The Bertz CT molecular complexity index is 757. The normalized spacial score (nSPS) is 16.0. The fourth-order valence-corrected chi connectivity index (χ4v) is 2.90. The summed E-state index contributed by atoms with van der Waals surface area (Å²) >= 11 is 0. The number of likely N-dealkylation sites (N-methyl/N-ethyl adjacent to an activating group) is 1. The largest absolute Gasteiger partial charge is 0.480 e. The third kappa shape index (κ3) is 4.20. The van der Waals surface area contributed by atoms with Crippen molar-refractivity contribution in [2.75, 3.05) is 27.2 Å². The van der Waals surface area contributed by atoms with E-state index in [0.29, 0.717) is 25.3 Å². The van der Waals surface area contributed by atoms with E-state index in [1.54, 1.807) is 11.0 Å². The second-order valence-corrected chi connectivity index (χ2v) is 6.64. The van der Waals surface area contributed by atoms with Gasteiger partial charge in [-0.3, -0.25) is 4.79 Å². The number of carbonyl (C=O) groups excluding carboxylic acids is 1. The lowest BCUT2D eigenvalue weighted by Gasteiger charge is -2.26. The summed E-state index contributed by atoms with van der Waals surface area (Å²) in [6.45, 7) is 3.57. The summed E-state index contributed by atoms with van der Waals surface area (Å²) in [5, 5.41) is 0. The Morgan fingerprint density at radius 3 is 2.72 bits per heavy atom. The molecule has 3 rings (SSSR count). The smallest absolute Gasteiger partial charge is 0.264 e. The van der Waals surface area contributed by atoms with E-state index in [1.807, 2.05) is 38.1 Å². The SMILES string of the molecule is Cc1ccc(CN(CCN(C)C)C(=O)C2Cc3cc(F)ccc3O2)o1. The molecular weight excluding hydrogens is 323 g/mol. The quantitative estimate of drug-likeness (QED) is 0.807. The molecule has 0 bridgehead atoms. The van der Waals surface area contributed by atoms with Crippen LogP contribution >= 0.6 is 0 Å². The van der Waals surface area contributed by atoms with Crippen molar-refractivity contribution >= 4 is 5.91 Å². The molecule has 134 valence electrons. The summed E-state index contributed by atoms with van der Waals surface area (Å²) in [6, 6.07) is 8.13. The van der Waals surface area contributed by atoms with E-state index < -0.39 is 6.10 Å². The van der Waals surface area contributed by atoms with Gasteiger partial charge in [-0.25, -0.2) is 4.39 Å². The van der Waals surface area contributed by atoms with Crippen LogP contribution in [0.5, 0.6) is 5.75 Å². The topological polar surface area (TPSA) is 45.9 Å². The average molecular weight is 346 g/mol. The highest BCUT2D eigenvalue weighted by Gasteiger charge is 2.33. The molecule has 0 saturated heterocycles. The van der Waals surface area contributed by atoms with Crippen LogP contribution in [0.1, 0.15) is 17.1 Å². The molecule has 1 amide bonds. The zero-order valence-corrected chi connectivity index (χ0v) is 14.8. The number of furan rings is 1. The standard InChI is InChI=1S/C19H23FN2O3/c1-13-4-6-16(24-13)12-22(9-8-21(2)3)19(23)18-11-14-10-15(20)5-7-17(14)25-18/h4-7,10,18H,8-9,11-12H2,1-3H3. The van der Waals surface area contributed by atoms with Gasteiger partial charge in [0, 0.05) is 25.1 Å². The van der Waals surface area contributed by atoms with Gasteiger partial charge in [-0.15, -0.1) is 0 Å². The van der Waals surface area contributed by atoms with Gasteiger partial charge in [0.15, 0.2) is 6.10 Å². The molecule has 6 heteroatoms. The van der Waals surface area contributed by atoms with E-state index in [1.165, 1.54) is 12.1 Å². The van der Waals surface area contributed by atoms with E-state index in [2.05, 4.69) is 0 Å². The number of ether oxygens (including phenoxy) is 1. The van der Waals surface area contributed by atoms with Gasteiger partial charge in [0.2, 0.25) is 0 Å². The molecule has 1 unspecified atom stereocenters. The van der Waals surface area contributed by atoms with Crippen LogP contribution in [-0.2, 0) is 17.8 Å². The lowest BCUT2D eigenvalue weighted by molar-refractivity contribution is -0.139. The van der Waals surface area contributed by atoms with E-state index in [0.717, 1.165) is 23.6 Å². The van der Waals surface area contributed by atoms with Crippen LogP contribution in [0, 0.1) is 12.7 Å². The third-order valence-corrected chi connectivity index (χ3v) is 4.24. The van der Waals surface area contributed by atoms with Gasteiger partial charge in [0.25, 0.3) is 5.91 Å². The van der Waals surface area contributed by atoms with Crippen molar-refractivity contribution in [3.63, 3.8) is 0 Å². The number of fused-ring (bicyclic) bond motifs is 1. The van der Waals surface area contributed by atoms with Crippen molar-refractivity contribution in [1.82, 2.24) is 9.80 Å². The summed E-state index contributed by atoms with van der Waals surface area (Å²) in [4.78, 5) is 16.7. The summed E-state index contributed by atoms with van der Waals surface area (Å²) in [5.41, 5.74) is 0.736. The Morgan fingerprint density at radius 2 is 2.04 bits per heavy atom. The molecule has 1 aliphatic heterocycles. The van der Waals surface area contributed by atoms with Crippen molar-refractivity contribution in [3.05, 3.63) is 53.2 Å². The van der Waals surface area contributed by atoms with Crippen LogP contribution in [0.2, 0.25) is 0 Å². The molecule has 2 aromatic rings. The number of carbonyl (C=O) groups is 1. The second-order valence-electron chi connectivity index (χ2n) is 6.64. The summed E-state index contributed by atoms with van der Waals surface area (Å²) in [6.07, 6.45) is -0.225. The molecule has 25 heavy (non-hydrogen) atoms. The van der Waals surface area contributed by atoms with Gasteiger partial charge in [-0.05, 0) is 51.4 Å². The Labute approximate surface area is 147 Å². The Balaban J connectivity index is 1.72. The number of halogens is 1. The molecule has 2 heterocycles. The minimum Gasteiger partial charge on any atom is -0.480 e. The third-order valence-electron chi connectivity index (χ3n) is 4.24. The molecule has 5 nitrogen and oxygen atoms in total. The Kier molecular flexibility index (Phi) is 5.08. The van der Waals surface area contributed by atoms with Gasteiger partial charge in [0.1, 0.15) is 23.1 Å². The highest BCUT2D eigenvalue weighted by atomic mass is 19.1. The highest BCUT2D eigenvalue weighted by molar-refractivity contribution is 5.82. The lowest BCUT2D eigenvalue weighted by Crippen LogP contribution is -2.43. The van der Waals surface area contributed by atoms with Crippen molar-refractivity contribution in [2.45, 2.75) is 26.0 Å². The minimum absolute atomic E-state index is 0.104. The summed E-state index contributed by atoms with van der Waals surface area (Å²) in [5.74, 6) is 1.72. The molecule has 1 aromatic carbocycles. The average Bonchev–Trinajstić information content (AvgIpc) is 3.16. The summed E-state index contributed by atoms with van der Waals surface area (Å²) in [7, 11) is 3.93. The number of aryl methyl sites for hydroxylation is 1. The first kappa shape index (κ1) is 17.5. The maximum Gasteiger partial charge on any atom is 0.264 e. The van der Waals surface area contributed by atoms with Crippen LogP contribution in [0.25, 0.3) is 0 Å². The number of hydrogen-bond acceptors (Lipinski definition) is 4. The molecular formula is C19H23FN2O3. The van der Waals surface area contributed by atoms with Crippen molar-refractivity contribution in [3.8, 4) is 5.75 Å². The van der Waals surface area contributed by atoms with Gasteiger partial charge < -0.3 is 19.0 Å². The monoisotopic (exact) mass is 346 g/mol. The van der Waals surface area contributed by atoms with Gasteiger partial charge in [0.05, 0.1) is 6.54 Å². The number of rotatable bonds is 6. The fraction of sp³-hybridized carbons (Fsp3) is 0.421. The molecule has 1 aromatic heterocycles. The molecule has 0 radical (unpaired) electrons. The highest BCUT2D eigenvalue weighted by Crippen LogP contribution is 2.30. The van der Waals surface area contributed by atoms with Crippen LogP contribution in [0.15, 0.2) is 34.7 Å². The Hall–Kier alpha value is -2.34. The van der Waals surface area contributed by atoms with Crippen molar-refractivity contribution in [2.24, 2.45) is 0 Å². The first-order chi connectivity index (χ1) is 11.9. The first-order valence-electron chi connectivity index (χ1n) is 8.36. The number of benzene rings is 1. The van der Waals surface area contributed by atoms with Gasteiger partial charge in [-0.1, -0.05) is 0 Å². The summed E-state index contributed by atoms with van der Waals surface area (Å²) < 4.78 is 24.7. The zero-order valence-electron chi connectivity index (χ0n) is 14.8. The lowest BCUT2D eigenvalue weighted by atomic mass is 10.1. The molecule has 0 spiro atoms. The van der Waals surface area contributed by atoms with Crippen molar-refractivity contribution in [1.29, 1.82) is 0 Å². The molecule has 1 atom stereocenters. The van der Waals surface area contributed by atoms with Crippen LogP contribution in [-0.4, -0.2) is 49.0 Å². The fourth-order valence-electron chi connectivity index (χ4n) is 2.90. The van der Waals surface area contributed by atoms with E-state index in [9.17, 15) is 9.18 Å². The van der Waals surface area contributed by atoms with E-state index in [4.69, 9.17) is 9.15 Å². The van der Waals surface area contributed by atoms with E-state index in [-0.39, 0.29) is 11.7 Å². The number of amides is 1.